The second kappa shape index (κ2) is 11.5. The molecule has 9 heteroatoms. The Balaban J connectivity index is 1.74. The van der Waals surface area contributed by atoms with Crippen LogP contribution in [-0.4, -0.2) is 50.2 Å². The van der Waals surface area contributed by atoms with Crippen molar-refractivity contribution in [2.45, 2.75) is 0 Å². The van der Waals surface area contributed by atoms with Gasteiger partial charge in [0.2, 0.25) is 0 Å². The lowest BCUT2D eigenvalue weighted by Crippen LogP contribution is -2.41. The summed E-state index contributed by atoms with van der Waals surface area (Å²) in [6, 6.07) is 11.6. The second-order valence-electron chi connectivity index (χ2n) is 6.90. The van der Waals surface area contributed by atoms with Crippen molar-refractivity contribution >= 4 is 47.2 Å². The minimum Gasteiger partial charge on any atom is -0.493 e. The molecule has 1 aliphatic heterocycles. The van der Waals surface area contributed by atoms with E-state index in [0.29, 0.717) is 47.5 Å². The van der Waals surface area contributed by atoms with E-state index in [4.69, 9.17) is 37.4 Å². The Labute approximate surface area is 201 Å². The summed E-state index contributed by atoms with van der Waals surface area (Å²) in [4.78, 5) is 26.4. The summed E-state index contributed by atoms with van der Waals surface area (Å²) >= 11 is 12.0. The van der Waals surface area contributed by atoms with Crippen LogP contribution in [0.3, 0.4) is 0 Å². The molecule has 0 spiro atoms. The van der Waals surface area contributed by atoms with Crippen LogP contribution in [0.5, 0.6) is 11.5 Å². The van der Waals surface area contributed by atoms with E-state index in [9.17, 15) is 14.9 Å². The van der Waals surface area contributed by atoms with Crippen LogP contribution in [0.4, 0.5) is 0 Å². The Morgan fingerprint density at radius 3 is 2.55 bits per heavy atom. The third kappa shape index (κ3) is 6.59. The van der Waals surface area contributed by atoms with Gasteiger partial charge in [-0.25, -0.2) is 4.79 Å². The molecule has 2 aromatic rings. The smallest absolute Gasteiger partial charge is 0.336 e. The van der Waals surface area contributed by atoms with Gasteiger partial charge in [0, 0.05) is 29.2 Å². The molecule has 0 aromatic heterocycles. The highest BCUT2D eigenvalue weighted by Gasteiger charge is 2.21. The van der Waals surface area contributed by atoms with Gasteiger partial charge in [-0.1, -0.05) is 35.3 Å². The largest absolute Gasteiger partial charge is 0.493 e. The quantitative estimate of drug-likeness (QED) is 0.260. The fourth-order valence-electron chi connectivity index (χ4n) is 3.04. The first-order chi connectivity index (χ1) is 15.9. The van der Waals surface area contributed by atoms with E-state index in [0.717, 1.165) is 0 Å². The number of nitriles is 1. The minimum absolute atomic E-state index is 0.00789. The number of benzene rings is 2. The van der Waals surface area contributed by atoms with E-state index < -0.39 is 5.97 Å². The lowest BCUT2D eigenvalue weighted by Gasteiger charge is -2.26. The second-order valence-corrected chi connectivity index (χ2v) is 7.75. The van der Waals surface area contributed by atoms with Gasteiger partial charge in [0.1, 0.15) is 11.6 Å². The maximum absolute atomic E-state index is 12.6. The van der Waals surface area contributed by atoms with Gasteiger partial charge in [-0.15, -0.1) is 0 Å². The molecule has 2 aromatic carbocycles. The average Bonchev–Trinajstić information content (AvgIpc) is 2.82. The first-order valence-corrected chi connectivity index (χ1v) is 10.7. The number of methoxy groups -OCH3 is 1. The van der Waals surface area contributed by atoms with Crippen molar-refractivity contribution in [3.05, 3.63) is 69.2 Å². The van der Waals surface area contributed by atoms with Gasteiger partial charge in [-0.05, 0) is 47.5 Å². The molecule has 0 aliphatic carbocycles. The van der Waals surface area contributed by atoms with Gasteiger partial charge in [-0.3, -0.25) is 4.79 Å². The molecule has 1 aliphatic rings. The summed E-state index contributed by atoms with van der Waals surface area (Å²) < 4.78 is 15.9. The number of esters is 1. The monoisotopic (exact) mass is 486 g/mol. The van der Waals surface area contributed by atoms with Crippen molar-refractivity contribution in [1.29, 1.82) is 5.26 Å². The Morgan fingerprint density at radius 2 is 1.88 bits per heavy atom. The average molecular weight is 487 g/mol. The maximum atomic E-state index is 12.6. The van der Waals surface area contributed by atoms with Gasteiger partial charge in [0.05, 0.1) is 20.3 Å². The number of carbonyl (C=O) groups excluding carboxylic acids is 2. The summed E-state index contributed by atoms with van der Waals surface area (Å²) in [5, 5.41) is 10.3. The topological polar surface area (TPSA) is 88.9 Å². The van der Waals surface area contributed by atoms with Crippen LogP contribution in [0.15, 0.2) is 48.0 Å². The van der Waals surface area contributed by atoms with Crippen LogP contribution < -0.4 is 9.47 Å². The van der Waals surface area contributed by atoms with E-state index in [1.807, 2.05) is 6.07 Å². The van der Waals surface area contributed by atoms with Crippen molar-refractivity contribution in [3.8, 4) is 17.6 Å². The van der Waals surface area contributed by atoms with E-state index in [-0.39, 0.29) is 23.0 Å². The number of hydrogen-bond acceptors (Lipinski definition) is 6. The van der Waals surface area contributed by atoms with E-state index in [1.165, 1.54) is 31.4 Å². The summed E-state index contributed by atoms with van der Waals surface area (Å²) in [6.45, 7) is 1.75. The van der Waals surface area contributed by atoms with Gasteiger partial charge in [-0.2, -0.15) is 5.26 Å². The Bertz CT molecular complexity index is 1150. The highest BCUT2D eigenvalue weighted by molar-refractivity contribution is 6.35. The molecule has 0 N–H and O–H groups in total. The molecule has 170 valence electrons. The van der Waals surface area contributed by atoms with E-state index >= 15 is 0 Å². The Hall–Kier alpha value is -3.31. The highest BCUT2D eigenvalue weighted by atomic mass is 35.5. The lowest BCUT2D eigenvalue weighted by atomic mass is 10.1. The van der Waals surface area contributed by atoms with Crippen LogP contribution >= 0.6 is 23.2 Å². The number of carbonyl (C=O) groups is 2. The number of rotatable bonds is 6. The summed E-state index contributed by atoms with van der Waals surface area (Å²) in [6.07, 6.45) is 4.21. The SMILES string of the molecule is COc1cc(/C=C(\C#N)C(=O)N2CCOCC2)ccc1OC(=O)/C=C/c1ccc(Cl)cc1Cl. The number of nitrogens with zero attached hydrogens (tertiary/aromatic N) is 2. The molecule has 0 bridgehead atoms. The summed E-state index contributed by atoms with van der Waals surface area (Å²) in [7, 11) is 1.42. The fourth-order valence-corrected chi connectivity index (χ4v) is 3.51. The van der Waals surface area contributed by atoms with Crippen LogP contribution in [0, 0.1) is 11.3 Å². The van der Waals surface area contributed by atoms with Crippen LogP contribution in [-0.2, 0) is 14.3 Å². The summed E-state index contributed by atoms with van der Waals surface area (Å²) in [5.74, 6) is -0.542. The zero-order valence-electron chi connectivity index (χ0n) is 17.7. The van der Waals surface area contributed by atoms with Crippen molar-refractivity contribution in [3.63, 3.8) is 0 Å². The third-order valence-corrected chi connectivity index (χ3v) is 5.28. The van der Waals surface area contributed by atoms with Crippen LogP contribution in [0.25, 0.3) is 12.2 Å². The number of morpholine rings is 1. The molecule has 1 saturated heterocycles. The molecule has 1 heterocycles. The van der Waals surface area contributed by atoms with Gasteiger partial charge in [0.15, 0.2) is 11.5 Å². The van der Waals surface area contributed by atoms with Crippen molar-refractivity contribution < 1.29 is 23.8 Å². The normalized spacial score (nSPS) is 14.1. The van der Waals surface area contributed by atoms with Gasteiger partial charge in [0.25, 0.3) is 5.91 Å². The summed E-state index contributed by atoms with van der Waals surface area (Å²) in [5.41, 5.74) is 1.15. The molecule has 3 rings (SSSR count). The molecular formula is C24H20Cl2N2O5. The Kier molecular flexibility index (Phi) is 8.50. The number of amides is 1. The zero-order valence-corrected chi connectivity index (χ0v) is 19.2. The molecule has 1 amide bonds. The van der Waals surface area contributed by atoms with E-state index in [2.05, 4.69) is 0 Å². The highest BCUT2D eigenvalue weighted by Crippen LogP contribution is 2.29. The predicted molar refractivity (Wildman–Crippen MR) is 125 cm³/mol. The third-order valence-electron chi connectivity index (χ3n) is 4.72. The molecular weight excluding hydrogens is 467 g/mol. The predicted octanol–water partition coefficient (Wildman–Crippen LogP) is 4.39. The first-order valence-electron chi connectivity index (χ1n) is 9.93. The minimum atomic E-state index is -0.636. The molecule has 0 saturated carbocycles. The molecule has 0 atom stereocenters. The lowest BCUT2D eigenvalue weighted by molar-refractivity contribution is -0.130. The van der Waals surface area contributed by atoms with Crippen molar-refractivity contribution in [1.82, 2.24) is 4.90 Å². The zero-order chi connectivity index (χ0) is 23.8. The number of halogens is 2. The molecule has 0 unspecified atom stereocenters. The first kappa shape index (κ1) is 24.3. The fraction of sp³-hybridized carbons (Fsp3) is 0.208. The number of hydrogen-bond donors (Lipinski definition) is 0. The maximum Gasteiger partial charge on any atom is 0.336 e. The van der Waals surface area contributed by atoms with E-state index in [1.54, 1.807) is 35.2 Å². The standard InChI is InChI=1S/C24H20Cl2N2O5/c1-31-22-13-16(12-18(15-27)24(30)28-8-10-32-11-9-28)2-6-21(22)33-23(29)7-4-17-3-5-19(25)14-20(17)26/h2-7,12-14H,8-11H2,1H3/b7-4+,18-12+. The molecule has 0 radical (unpaired) electrons. The molecule has 33 heavy (non-hydrogen) atoms. The van der Waals surface area contributed by atoms with Crippen LogP contribution in [0.1, 0.15) is 11.1 Å². The van der Waals surface area contributed by atoms with Crippen LogP contribution in [0.2, 0.25) is 10.0 Å². The Morgan fingerprint density at radius 1 is 1.12 bits per heavy atom. The van der Waals surface area contributed by atoms with Crippen molar-refractivity contribution in [2.24, 2.45) is 0 Å². The molecule has 1 fully saturated rings. The number of ether oxygens (including phenoxy) is 3. The molecule has 7 nitrogen and oxygen atoms in total. The van der Waals surface area contributed by atoms with Gasteiger partial charge >= 0.3 is 5.97 Å². The van der Waals surface area contributed by atoms with Gasteiger partial charge < -0.3 is 19.1 Å². The van der Waals surface area contributed by atoms with Crippen molar-refractivity contribution in [2.75, 3.05) is 33.4 Å².